The molecule has 0 saturated carbocycles. The Bertz CT molecular complexity index is 857. The van der Waals surface area contributed by atoms with Crippen molar-refractivity contribution in [2.45, 2.75) is 6.92 Å². The van der Waals surface area contributed by atoms with Gasteiger partial charge in [-0.15, -0.1) is 0 Å². The Hall–Kier alpha value is -2.19. The summed E-state index contributed by atoms with van der Waals surface area (Å²) < 4.78 is 0. The first kappa shape index (κ1) is 18.2. The fourth-order valence-corrected chi connectivity index (χ4v) is 2.34. The molecule has 0 fully saturated rings. The predicted octanol–water partition coefficient (Wildman–Crippen LogP) is 5.41. The molecule has 2 aromatic rings. The van der Waals surface area contributed by atoms with Crippen molar-refractivity contribution in [3.05, 3.63) is 68.8 Å². The Morgan fingerprint density at radius 2 is 1.71 bits per heavy atom. The van der Waals surface area contributed by atoms with Gasteiger partial charge in [0, 0.05) is 21.9 Å². The highest BCUT2D eigenvalue weighted by atomic mass is 35.5. The normalized spacial score (nSPS) is 10.9. The third kappa shape index (κ3) is 4.65. The molecule has 2 rings (SSSR count). The van der Waals surface area contributed by atoms with Gasteiger partial charge in [0.2, 0.25) is 0 Å². The van der Waals surface area contributed by atoms with Gasteiger partial charge in [0.1, 0.15) is 11.6 Å². The number of carbonyl (C=O) groups excluding carboxylic acids is 1. The minimum atomic E-state index is -0.562. The van der Waals surface area contributed by atoms with Gasteiger partial charge < -0.3 is 10.6 Å². The van der Waals surface area contributed by atoms with Crippen LogP contribution in [0.2, 0.25) is 15.1 Å². The van der Waals surface area contributed by atoms with Crippen LogP contribution in [-0.2, 0) is 4.79 Å². The van der Waals surface area contributed by atoms with Gasteiger partial charge in [-0.3, -0.25) is 4.79 Å². The van der Waals surface area contributed by atoms with E-state index < -0.39 is 5.91 Å². The Morgan fingerprint density at radius 1 is 1.08 bits per heavy atom. The van der Waals surface area contributed by atoms with Crippen LogP contribution in [-0.4, -0.2) is 5.91 Å². The molecule has 0 aromatic heterocycles. The number of benzene rings is 2. The molecule has 0 aliphatic heterocycles. The predicted molar refractivity (Wildman–Crippen MR) is 98.6 cm³/mol. The van der Waals surface area contributed by atoms with Crippen LogP contribution in [0.3, 0.4) is 0 Å². The molecule has 0 heterocycles. The molecule has 2 aromatic carbocycles. The lowest BCUT2D eigenvalue weighted by molar-refractivity contribution is -0.112. The number of aryl methyl sites for hydroxylation is 1. The summed E-state index contributed by atoms with van der Waals surface area (Å²) in [5, 5.41) is 16.0. The fraction of sp³-hybridized carbons (Fsp3) is 0.0588. The Balaban J connectivity index is 2.18. The number of nitriles is 1. The molecule has 0 aliphatic rings. The van der Waals surface area contributed by atoms with Crippen molar-refractivity contribution in [3.63, 3.8) is 0 Å². The van der Waals surface area contributed by atoms with Crippen LogP contribution in [0.1, 0.15) is 5.56 Å². The van der Waals surface area contributed by atoms with Gasteiger partial charge in [-0.25, -0.2) is 0 Å². The lowest BCUT2D eigenvalue weighted by atomic mass is 10.2. The van der Waals surface area contributed by atoms with E-state index >= 15 is 0 Å². The number of nitrogens with one attached hydrogen (secondary N) is 2. The summed E-state index contributed by atoms with van der Waals surface area (Å²) in [6, 6.07) is 11.8. The number of hydrogen-bond donors (Lipinski definition) is 2. The minimum Gasteiger partial charge on any atom is -0.359 e. The summed E-state index contributed by atoms with van der Waals surface area (Å²) in [6.45, 7) is 1.83. The van der Waals surface area contributed by atoms with Gasteiger partial charge >= 0.3 is 0 Å². The highest BCUT2D eigenvalue weighted by Gasteiger charge is 2.11. The second-order valence-corrected chi connectivity index (χ2v) is 6.13. The molecule has 0 unspecified atom stereocenters. The Kier molecular flexibility index (Phi) is 6.10. The zero-order valence-electron chi connectivity index (χ0n) is 12.5. The zero-order valence-corrected chi connectivity index (χ0v) is 14.8. The molecule has 7 heteroatoms. The van der Waals surface area contributed by atoms with E-state index in [0.29, 0.717) is 26.4 Å². The number of carbonyl (C=O) groups is 1. The zero-order chi connectivity index (χ0) is 17.7. The maximum Gasteiger partial charge on any atom is 0.267 e. The minimum absolute atomic E-state index is 0.120. The highest BCUT2D eigenvalue weighted by molar-refractivity contribution is 6.35. The van der Waals surface area contributed by atoms with Gasteiger partial charge in [-0.1, -0.05) is 40.9 Å². The van der Waals surface area contributed by atoms with Gasteiger partial charge in [0.15, 0.2) is 0 Å². The highest BCUT2D eigenvalue weighted by Crippen LogP contribution is 2.26. The van der Waals surface area contributed by atoms with Gasteiger partial charge in [0.05, 0.1) is 10.7 Å². The number of nitrogens with zero attached hydrogens (tertiary/aromatic N) is 1. The van der Waals surface area contributed by atoms with E-state index in [2.05, 4.69) is 10.6 Å². The number of amides is 1. The summed E-state index contributed by atoms with van der Waals surface area (Å²) in [6.07, 6.45) is 1.27. The molecular formula is C17H12Cl3N3O. The average Bonchev–Trinajstić information content (AvgIpc) is 2.54. The van der Waals surface area contributed by atoms with E-state index in [1.807, 2.05) is 13.0 Å². The first-order valence-electron chi connectivity index (χ1n) is 6.80. The molecule has 1 amide bonds. The number of rotatable bonds is 4. The Morgan fingerprint density at radius 3 is 2.38 bits per heavy atom. The van der Waals surface area contributed by atoms with E-state index in [-0.39, 0.29) is 5.57 Å². The average molecular weight is 381 g/mol. The number of anilines is 2. The van der Waals surface area contributed by atoms with E-state index in [4.69, 9.17) is 34.8 Å². The molecule has 122 valence electrons. The summed E-state index contributed by atoms with van der Waals surface area (Å²) in [4.78, 5) is 12.2. The SMILES string of the molecule is Cc1ccc(Cl)cc1NC(=O)/C(C#N)=C\Nc1cc(Cl)ccc1Cl. The van der Waals surface area contributed by atoms with Crippen molar-refractivity contribution in [2.75, 3.05) is 10.6 Å². The van der Waals surface area contributed by atoms with Crippen LogP contribution >= 0.6 is 34.8 Å². The maximum atomic E-state index is 12.2. The standard InChI is InChI=1S/C17H12Cl3N3O/c1-10-2-3-12(18)6-15(10)23-17(24)11(8-21)9-22-16-7-13(19)4-5-14(16)20/h2-7,9,22H,1H3,(H,23,24)/b11-9-. The van der Waals surface area contributed by atoms with Crippen molar-refractivity contribution in [3.8, 4) is 6.07 Å². The van der Waals surface area contributed by atoms with Crippen LogP contribution in [0.25, 0.3) is 0 Å². The molecule has 0 saturated heterocycles. The van der Waals surface area contributed by atoms with Crippen molar-refractivity contribution in [1.29, 1.82) is 5.26 Å². The second kappa shape index (κ2) is 8.07. The van der Waals surface area contributed by atoms with Crippen molar-refractivity contribution in [2.24, 2.45) is 0 Å². The van der Waals surface area contributed by atoms with Crippen LogP contribution in [0.15, 0.2) is 48.2 Å². The van der Waals surface area contributed by atoms with E-state index in [1.165, 1.54) is 6.20 Å². The lowest BCUT2D eigenvalue weighted by Crippen LogP contribution is -2.15. The molecule has 0 atom stereocenters. The van der Waals surface area contributed by atoms with Crippen molar-refractivity contribution in [1.82, 2.24) is 0 Å². The fourth-order valence-electron chi connectivity index (χ4n) is 1.83. The van der Waals surface area contributed by atoms with E-state index in [1.54, 1.807) is 36.4 Å². The molecular weight excluding hydrogens is 369 g/mol. The van der Waals surface area contributed by atoms with Gasteiger partial charge in [-0.05, 0) is 42.8 Å². The topological polar surface area (TPSA) is 64.9 Å². The molecule has 0 radical (unpaired) electrons. The van der Waals surface area contributed by atoms with Crippen molar-refractivity contribution >= 4 is 52.1 Å². The molecule has 4 nitrogen and oxygen atoms in total. The summed E-state index contributed by atoms with van der Waals surface area (Å²) in [5.41, 5.74) is 1.74. The lowest BCUT2D eigenvalue weighted by Gasteiger charge is -2.09. The molecule has 0 spiro atoms. The first-order valence-corrected chi connectivity index (χ1v) is 7.93. The van der Waals surface area contributed by atoms with Crippen LogP contribution in [0.5, 0.6) is 0 Å². The maximum absolute atomic E-state index is 12.2. The number of hydrogen-bond acceptors (Lipinski definition) is 3. The van der Waals surface area contributed by atoms with Crippen molar-refractivity contribution < 1.29 is 4.79 Å². The van der Waals surface area contributed by atoms with Gasteiger partial charge in [-0.2, -0.15) is 5.26 Å². The summed E-state index contributed by atoms with van der Waals surface area (Å²) >= 11 is 17.8. The summed E-state index contributed by atoms with van der Waals surface area (Å²) in [7, 11) is 0. The second-order valence-electron chi connectivity index (χ2n) is 4.85. The molecule has 2 N–H and O–H groups in total. The van der Waals surface area contributed by atoms with E-state index in [0.717, 1.165) is 5.56 Å². The van der Waals surface area contributed by atoms with Crippen LogP contribution in [0, 0.1) is 18.3 Å². The Labute approximate surface area is 154 Å². The summed E-state index contributed by atoms with van der Waals surface area (Å²) in [5.74, 6) is -0.562. The van der Waals surface area contributed by atoms with Gasteiger partial charge in [0.25, 0.3) is 5.91 Å². The number of halogens is 3. The largest absolute Gasteiger partial charge is 0.359 e. The molecule has 0 bridgehead atoms. The van der Waals surface area contributed by atoms with E-state index in [9.17, 15) is 10.1 Å². The smallest absolute Gasteiger partial charge is 0.267 e. The molecule has 24 heavy (non-hydrogen) atoms. The van der Waals surface area contributed by atoms with Crippen LogP contribution < -0.4 is 10.6 Å². The van der Waals surface area contributed by atoms with Crippen LogP contribution in [0.4, 0.5) is 11.4 Å². The first-order chi connectivity index (χ1) is 11.4. The third-order valence-electron chi connectivity index (χ3n) is 3.11. The monoisotopic (exact) mass is 379 g/mol. The molecule has 0 aliphatic carbocycles. The third-order valence-corrected chi connectivity index (χ3v) is 3.91. The quantitative estimate of drug-likeness (QED) is 0.550.